The SMILES string of the molecule is CCN1C(=O)C(C#N)=C(C)/C(=C\c2ccc(OC)c(OC)c2)C1=O. The molecule has 6 nitrogen and oxygen atoms in total. The first-order chi connectivity index (χ1) is 11.5. The van der Waals surface area contributed by atoms with Gasteiger partial charge in [0, 0.05) is 12.1 Å². The Hall–Kier alpha value is -3.07. The maximum absolute atomic E-state index is 12.6. The van der Waals surface area contributed by atoms with Crippen molar-refractivity contribution >= 4 is 17.9 Å². The van der Waals surface area contributed by atoms with E-state index in [2.05, 4.69) is 0 Å². The van der Waals surface area contributed by atoms with Crippen molar-refractivity contribution in [2.75, 3.05) is 20.8 Å². The van der Waals surface area contributed by atoms with Crippen LogP contribution in [0.2, 0.25) is 0 Å². The summed E-state index contributed by atoms with van der Waals surface area (Å²) in [4.78, 5) is 25.8. The number of methoxy groups -OCH3 is 2. The molecule has 124 valence electrons. The van der Waals surface area contributed by atoms with Crippen LogP contribution in [0.4, 0.5) is 0 Å². The van der Waals surface area contributed by atoms with Crippen LogP contribution in [0, 0.1) is 11.3 Å². The summed E-state index contributed by atoms with van der Waals surface area (Å²) in [6.07, 6.45) is 1.64. The summed E-state index contributed by atoms with van der Waals surface area (Å²) in [6, 6.07) is 7.12. The topological polar surface area (TPSA) is 79.6 Å². The van der Waals surface area contributed by atoms with Gasteiger partial charge < -0.3 is 9.47 Å². The lowest BCUT2D eigenvalue weighted by Crippen LogP contribution is -2.42. The van der Waals surface area contributed by atoms with Crippen molar-refractivity contribution < 1.29 is 19.1 Å². The standard InChI is InChI=1S/C18H18N2O4/c1-5-20-17(21)13(11(2)14(10-19)18(20)22)8-12-6-7-15(23-3)16(9-12)24-4/h6-9H,5H2,1-4H3/b13-8+. The molecule has 6 heteroatoms. The van der Waals surface area contributed by atoms with E-state index >= 15 is 0 Å². The zero-order valence-electron chi connectivity index (χ0n) is 14.0. The maximum Gasteiger partial charge on any atom is 0.271 e. The number of hydrogen-bond donors (Lipinski definition) is 0. The predicted octanol–water partition coefficient (Wildman–Crippen LogP) is 2.32. The van der Waals surface area contributed by atoms with Crippen molar-refractivity contribution in [3.63, 3.8) is 0 Å². The van der Waals surface area contributed by atoms with Crippen molar-refractivity contribution in [3.05, 3.63) is 40.5 Å². The highest BCUT2D eigenvalue weighted by atomic mass is 16.5. The van der Waals surface area contributed by atoms with Gasteiger partial charge in [0.25, 0.3) is 11.8 Å². The molecule has 0 bridgehead atoms. The Bertz CT molecular complexity index is 800. The van der Waals surface area contributed by atoms with Crippen molar-refractivity contribution in [1.29, 1.82) is 5.26 Å². The number of nitriles is 1. The molecule has 1 aliphatic heterocycles. The Morgan fingerprint density at radius 1 is 1.17 bits per heavy atom. The van der Waals surface area contributed by atoms with Crippen molar-refractivity contribution in [3.8, 4) is 17.6 Å². The van der Waals surface area contributed by atoms with Crippen LogP contribution in [0.5, 0.6) is 11.5 Å². The van der Waals surface area contributed by atoms with Crippen LogP contribution in [0.15, 0.2) is 34.9 Å². The van der Waals surface area contributed by atoms with E-state index in [1.807, 2.05) is 6.07 Å². The average Bonchev–Trinajstić information content (AvgIpc) is 2.59. The molecule has 0 spiro atoms. The zero-order valence-corrected chi connectivity index (χ0v) is 14.0. The number of nitrogens with zero attached hydrogens (tertiary/aromatic N) is 2. The van der Waals surface area contributed by atoms with Crippen molar-refractivity contribution in [1.82, 2.24) is 4.90 Å². The van der Waals surface area contributed by atoms with Crippen LogP contribution in [-0.2, 0) is 9.59 Å². The van der Waals surface area contributed by atoms with Gasteiger partial charge in [-0.05, 0) is 43.2 Å². The number of ether oxygens (including phenoxy) is 2. The molecule has 1 aliphatic rings. The summed E-state index contributed by atoms with van der Waals surface area (Å²) in [5.74, 6) is 0.145. The fraction of sp³-hybridized carbons (Fsp3) is 0.278. The van der Waals surface area contributed by atoms with Gasteiger partial charge in [0.2, 0.25) is 0 Å². The monoisotopic (exact) mass is 326 g/mol. The van der Waals surface area contributed by atoms with Gasteiger partial charge in [-0.15, -0.1) is 0 Å². The molecular weight excluding hydrogens is 308 g/mol. The Kier molecular flexibility index (Phi) is 5.05. The number of likely N-dealkylation sites (N-methyl/N-ethyl adjacent to an activating group) is 1. The van der Waals surface area contributed by atoms with Crippen LogP contribution in [0.1, 0.15) is 19.4 Å². The number of amides is 2. The summed E-state index contributed by atoms with van der Waals surface area (Å²) in [5, 5.41) is 9.24. The second-order valence-corrected chi connectivity index (χ2v) is 5.14. The number of carbonyl (C=O) groups excluding carboxylic acids is 2. The van der Waals surface area contributed by atoms with Crippen LogP contribution in [0.25, 0.3) is 6.08 Å². The van der Waals surface area contributed by atoms with Gasteiger partial charge in [-0.1, -0.05) is 6.07 Å². The minimum Gasteiger partial charge on any atom is -0.493 e. The van der Waals surface area contributed by atoms with E-state index in [-0.39, 0.29) is 12.1 Å². The maximum atomic E-state index is 12.6. The van der Waals surface area contributed by atoms with Crippen molar-refractivity contribution in [2.24, 2.45) is 0 Å². The highest BCUT2D eigenvalue weighted by Gasteiger charge is 2.34. The highest BCUT2D eigenvalue weighted by molar-refractivity contribution is 6.19. The second kappa shape index (κ2) is 7.01. The molecule has 0 saturated carbocycles. The Labute approximate surface area is 140 Å². The molecule has 0 aliphatic carbocycles. The number of imide groups is 1. The van der Waals surface area contributed by atoms with E-state index in [0.717, 1.165) is 4.90 Å². The minimum absolute atomic E-state index is 0.0109. The molecule has 0 N–H and O–H groups in total. The molecule has 1 aromatic carbocycles. The Balaban J connectivity index is 2.59. The zero-order chi connectivity index (χ0) is 17.9. The van der Waals surface area contributed by atoms with E-state index < -0.39 is 11.8 Å². The van der Waals surface area contributed by atoms with Crippen LogP contribution < -0.4 is 9.47 Å². The summed E-state index contributed by atoms with van der Waals surface area (Å²) >= 11 is 0. The fourth-order valence-corrected chi connectivity index (χ4v) is 2.53. The van der Waals surface area contributed by atoms with Crippen LogP contribution in [-0.4, -0.2) is 37.5 Å². The van der Waals surface area contributed by atoms with Crippen molar-refractivity contribution in [2.45, 2.75) is 13.8 Å². The molecule has 0 unspecified atom stereocenters. The Morgan fingerprint density at radius 2 is 1.83 bits per heavy atom. The summed E-state index contributed by atoms with van der Waals surface area (Å²) in [7, 11) is 3.06. The van der Waals surface area contributed by atoms with Gasteiger partial charge in [-0.3, -0.25) is 14.5 Å². The summed E-state index contributed by atoms with van der Waals surface area (Å²) in [5.41, 5.74) is 1.40. The number of carbonyl (C=O) groups is 2. The smallest absolute Gasteiger partial charge is 0.271 e. The van der Waals surface area contributed by atoms with Gasteiger partial charge >= 0.3 is 0 Å². The highest BCUT2D eigenvalue weighted by Crippen LogP contribution is 2.31. The molecule has 1 aromatic rings. The third-order valence-corrected chi connectivity index (χ3v) is 3.86. The van der Waals surface area contributed by atoms with Gasteiger partial charge in [-0.25, -0.2) is 0 Å². The minimum atomic E-state index is -0.549. The largest absolute Gasteiger partial charge is 0.493 e. The first-order valence-corrected chi connectivity index (χ1v) is 7.39. The molecule has 0 saturated heterocycles. The predicted molar refractivity (Wildman–Crippen MR) is 88.2 cm³/mol. The Morgan fingerprint density at radius 3 is 2.38 bits per heavy atom. The molecule has 24 heavy (non-hydrogen) atoms. The second-order valence-electron chi connectivity index (χ2n) is 5.14. The first-order valence-electron chi connectivity index (χ1n) is 7.39. The molecule has 0 radical (unpaired) electrons. The van der Waals surface area contributed by atoms with E-state index in [1.54, 1.807) is 38.1 Å². The number of hydrogen-bond acceptors (Lipinski definition) is 5. The lowest BCUT2D eigenvalue weighted by Gasteiger charge is -2.26. The van der Waals surface area contributed by atoms with Gasteiger partial charge in [0.15, 0.2) is 11.5 Å². The molecule has 1 heterocycles. The van der Waals surface area contributed by atoms with E-state index in [0.29, 0.717) is 28.2 Å². The van der Waals surface area contributed by atoms with E-state index in [1.165, 1.54) is 14.2 Å². The van der Waals surface area contributed by atoms with Gasteiger partial charge in [0.1, 0.15) is 11.6 Å². The molecule has 2 amide bonds. The molecule has 0 fully saturated rings. The third kappa shape index (κ3) is 2.88. The van der Waals surface area contributed by atoms with Gasteiger partial charge in [-0.2, -0.15) is 5.26 Å². The van der Waals surface area contributed by atoms with E-state index in [4.69, 9.17) is 9.47 Å². The first kappa shape index (κ1) is 17.3. The quantitative estimate of drug-likeness (QED) is 0.626. The number of benzene rings is 1. The third-order valence-electron chi connectivity index (χ3n) is 3.86. The summed E-state index contributed by atoms with van der Waals surface area (Å²) < 4.78 is 10.4. The molecular formula is C18H18N2O4. The van der Waals surface area contributed by atoms with Gasteiger partial charge in [0.05, 0.1) is 14.2 Å². The molecule has 2 rings (SSSR count). The average molecular weight is 326 g/mol. The fourth-order valence-electron chi connectivity index (χ4n) is 2.53. The van der Waals surface area contributed by atoms with E-state index in [9.17, 15) is 14.9 Å². The number of rotatable bonds is 4. The molecule has 0 aromatic heterocycles. The lowest BCUT2D eigenvalue weighted by molar-refractivity contribution is -0.140. The van der Waals surface area contributed by atoms with Crippen LogP contribution >= 0.6 is 0 Å². The lowest BCUT2D eigenvalue weighted by atomic mass is 9.93. The van der Waals surface area contributed by atoms with Crippen LogP contribution in [0.3, 0.4) is 0 Å². The normalized spacial score (nSPS) is 16.5. The summed E-state index contributed by atoms with van der Waals surface area (Å²) in [6.45, 7) is 3.51. The molecule has 0 atom stereocenters.